The number of carbonyl (C=O) groups excluding carboxylic acids is 1. The van der Waals surface area contributed by atoms with Gasteiger partial charge in [-0.1, -0.05) is 44.5 Å². The molecule has 0 aromatic heterocycles. The number of alkyl halides is 9. The van der Waals surface area contributed by atoms with Gasteiger partial charge in [0.1, 0.15) is 11.9 Å². The maximum atomic E-state index is 14.5. The number of benzene rings is 3. The Kier molecular flexibility index (Phi) is 10.2. The summed E-state index contributed by atoms with van der Waals surface area (Å²) in [6.45, 7) is 7.14. The molecule has 14 heteroatoms. The number of carbonyl (C=O) groups is 1. The van der Waals surface area contributed by atoms with Crippen molar-refractivity contribution >= 4 is 23.3 Å². The summed E-state index contributed by atoms with van der Waals surface area (Å²) in [7, 11) is 1.24. The van der Waals surface area contributed by atoms with Crippen molar-refractivity contribution in [1.82, 2.24) is 4.90 Å². The highest BCUT2D eigenvalue weighted by atomic mass is 35.5. The number of hydrogen-bond acceptors (Lipinski definition) is 3. The van der Waals surface area contributed by atoms with Gasteiger partial charge in [0.2, 0.25) is 0 Å². The van der Waals surface area contributed by atoms with Gasteiger partial charge in [-0.15, -0.1) is 0 Å². The minimum atomic E-state index is -5.10. The number of ether oxygens (including phenoxy) is 2. The van der Waals surface area contributed by atoms with Gasteiger partial charge in [0.25, 0.3) is 0 Å². The lowest BCUT2D eigenvalue weighted by Gasteiger charge is -2.36. The van der Waals surface area contributed by atoms with E-state index >= 15 is 0 Å². The lowest BCUT2D eigenvalue weighted by Crippen LogP contribution is -2.35. The maximum Gasteiger partial charge on any atom is 0.417 e. The van der Waals surface area contributed by atoms with Gasteiger partial charge in [0, 0.05) is 22.7 Å². The second-order valence-electron chi connectivity index (χ2n) is 13.7. The van der Waals surface area contributed by atoms with Gasteiger partial charge >= 0.3 is 24.6 Å². The van der Waals surface area contributed by atoms with Crippen molar-refractivity contribution in [2.75, 3.05) is 13.7 Å². The fourth-order valence-corrected chi connectivity index (χ4v) is 7.14. The van der Waals surface area contributed by atoms with Crippen LogP contribution >= 0.6 is 11.6 Å². The summed E-state index contributed by atoms with van der Waals surface area (Å²) in [5.74, 6) is -0.0712. The highest BCUT2D eigenvalue weighted by molar-refractivity contribution is 6.33. The van der Waals surface area contributed by atoms with E-state index in [2.05, 4.69) is 0 Å². The minimum absolute atomic E-state index is 0.000947. The van der Waals surface area contributed by atoms with Crippen LogP contribution in [-0.2, 0) is 29.7 Å². The summed E-state index contributed by atoms with van der Waals surface area (Å²) in [6, 6.07) is 7.17. The molecule has 1 heterocycles. The molecular formula is C37H35ClF9NO3. The van der Waals surface area contributed by atoms with Crippen LogP contribution in [0.3, 0.4) is 0 Å². The molecule has 5 rings (SSSR count). The number of halogens is 10. The Morgan fingerprint density at radius 3 is 2.04 bits per heavy atom. The van der Waals surface area contributed by atoms with Crippen LogP contribution in [0.4, 0.5) is 44.3 Å². The third-order valence-corrected chi connectivity index (χ3v) is 9.88. The minimum Gasteiger partial charge on any atom is -0.496 e. The standard InChI is InChI=1S/C37H35ClF9NO3/c1-6-20-7-8-26(30(38)11-20)27-15-28(31(50-5)16-29(27)37(45,46)47)25-9-10-34(3,4)17-22(25)18-48-19(2)32(51-33(48)49)21-12-23(35(39,40)41)14-24(13-21)36(42,43)44/h7-8,11-16,19,32H,6,9-10,17-18H2,1-5H3. The van der Waals surface area contributed by atoms with E-state index < -0.39 is 59.0 Å². The predicted octanol–water partition coefficient (Wildman–Crippen LogP) is 12.2. The summed E-state index contributed by atoms with van der Waals surface area (Å²) in [5, 5.41) is 0.123. The van der Waals surface area contributed by atoms with E-state index in [1.54, 1.807) is 12.1 Å². The van der Waals surface area contributed by atoms with Gasteiger partial charge < -0.3 is 9.47 Å². The first-order valence-electron chi connectivity index (χ1n) is 16.1. The number of hydrogen-bond donors (Lipinski definition) is 0. The summed E-state index contributed by atoms with van der Waals surface area (Å²) in [4.78, 5) is 14.5. The quantitative estimate of drug-likeness (QED) is 0.226. The Bertz CT molecular complexity index is 1830. The first-order chi connectivity index (χ1) is 23.5. The molecule has 1 fully saturated rings. The van der Waals surface area contributed by atoms with Crippen molar-refractivity contribution in [2.24, 2.45) is 5.41 Å². The molecule has 2 unspecified atom stereocenters. The van der Waals surface area contributed by atoms with Crippen LogP contribution in [0.5, 0.6) is 5.75 Å². The molecule has 2 aliphatic rings. The topological polar surface area (TPSA) is 38.8 Å². The van der Waals surface area contributed by atoms with Gasteiger partial charge in [-0.05, 0) is 102 Å². The highest BCUT2D eigenvalue weighted by Gasteiger charge is 2.44. The Balaban J connectivity index is 1.62. The van der Waals surface area contributed by atoms with Crippen LogP contribution in [0.25, 0.3) is 16.7 Å². The molecule has 1 aliphatic carbocycles. The number of methoxy groups -OCH3 is 1. The van der Waals surface area contributed by atoms with Crippen molar-refractivity contribution < 1.29 is 53.8 Å². The van der Waals surface area contributed by atoms with E-state index in [1.165, 1.54) is 31.1 Å². The Hall–Kier alpha value is -3.87. The van der Waals surface area contributed by atoms with Crippen LogP contribution < -0.4 is 4.74 Å². The average Bonchev–Trinajstić information content (AvgIpc) is 3.31. The number of allylic oxidation sites excluding steroid dienone is 1. The Morgan fingerprint density at radius 2 is 1.51 bits per heavy atom. The summed E-state index contributed by atoms with van der Waals surface area (Å²) in [5.41, 5.74) is -2.47. The number of rotatable bonds is 7. The second kappa shape index (κ2) is 13.6. The first-order valence-corrected chi connectivity index (χ1v) is 16.5. The molecular weight excluding hydrogens is 713 g/mol. The van der Waals surface area contributed by atoms with Crippen molar-refractivity contribution in [3.63, 3.8) is 0 Å². The van der Waals surface area contributed by atoms with Gasteiger partial charge in [-0.2, -0.15) is 39.5 Å². The zero-order valence-corrected chi connectivity index (χ0v) is 29.0. The third-order valence-electron chi connectivity index (χ3n) is 9.56. The molecule has 1 amide bonds. The van der Waals surface area contributed by atoms with E-state index in [9.17, 15) is 44.3 Å². The van der Waals surface area contributed by atoms with Crippen molar-refractivity contribution in [1.29, 1.82) is 0 Å². The number of aryl methyl sites for hydroxylation is 1. The number of nitrogens with zero attached hydrogens (tertiary/aromatic N) is 1. The predicted molar refractivity (Wildman–Crippen MR) is 174 cm³/mol. The van der Waals surface area contributed by atoms with Crippen molar-refractivity contribution in [2.45, 2.75) is 84.1 Å². The molecule has 0 spiro atoms. The summed E-state index contributed by atoms with van der Waals surface area (Å²) < 4.78 is 136. The molecule has 1 aliphatic heterocycles. The van der Waals surface area contributed by atoms with E-state index in [-0.39, 0.29) is 39.9 Å². The SMILES string of the molecule is CCc1ccc(-c2cc(C3=C(CN4C(=O)OC(c5cc(C(F)(F)F)cc(C(F)(F)F)c5)C4C)CC(C)(C)CC3)c(OC)cc2C(F)(F)F)c(Cl)c1. The lowest BCUT2D eigenvalue weighted by atomic mass is 9.72. The van der Waals surface area contributed by atoms with Gasteiger partial charge in [0.05, 0.1) is 29.8 Å². The van der Waals surface area contributed by atoms with E-state index in [0.717, 1.165) is 11.6 Å². The lowest BCUT2D eigenvalue weighted by molar-refractivity contribution is -0.143. The van der Waals surface area contributed by atoms with Crippen LogP contribution in [0, 0.1) is 5.41 Å². The normalized spacial score (nSPS) is 19.8. The third kappa shape index (κ3) is 7.98. The number of amides is 1. The highest BCUT2D eigenvalue weighted by Crippen LogP contribution is 2.50. The van der Waals surface area contributed by atoms with E-state index in [4.69, 9.17) is 21.1 Å². The molecule has 51 heavy (non-hydrogen) atoms. The van der Waals surface area contributed by atoms with Crippen LogP contribution in [0.2, 0.25) is 5.02 Å². The van der Waals surface area contributed by atoms with Gasteiger partial charge in [-0.25, -0.2) is 4.79 Å². The van der Waals surface area contributed by atoms with E-state index in [1.807, 2.05) is 20.8 Å². The smallest absolute Gasteiger partial charge is 0.417 e. The second-order valence-corrected chi connectivity index (χ2v) is 14.1. The van der Waals surface area contributed by atoms with Crippen LogP contribution in [0.1, 0.15) is 86.4 Å². The zero-order valence-electron chi connectivity index (χ0n) is 28.3. The Labute approximate surface area is 294 Å². The van der Waals surface area contributed by atoms with Gasteiger partial charge in [0.15, 0.2) is 0 Å². The van der Waals surface area contributed by atoms with E-state index in [0.29, 0.717) is 54.5 Å². The van der Waals surface area contributed by atoms with Gasteiger partial charge in [-0.3, -0.25) is 4.90 Å². The molecule has 0 N–H and O–H groups in total. The fraction of sp³-hybridized carbons (Fsp3) is 0.432. The monoisotopic (exact) mass is 747 g/mol. The summed E-state index contributed by atoms with van der Waals surface area (Å²) in [6.07, 6.45) is -15.4. The van der Waals surface area contributed by atoms with Crippen molar-refractivity contribution in [3.05, 3.63) is 92.5 Å². The fourth-order valence-electron chi connectivity index (χ4n) is 6.84. The first kappa shape index (κ1) is 38.4. The molecule has 0 radical (unpaired) electrons. The molecule has 3 aromatic rings. The van der Waals surface area contributed by atoms with Crippen molar-refractivity contribution in [3.8, 4) is 16.9 Å². The molecule has 3 aromatic carbocycles. The van der Waals surface area contributed by atoms with Crippen LogP contribution in [-0.4, -0.2) is 30.7 Å². The molecule has 276 valence electrons. The number of cyclic esters (lactones) is 1. The Morgan fingerprint density at radius 1 is 0.882 bits per heavy atom. The molecule has 2 atom stereocenters. The summed E-state index contributed by atoms with van der Waals surface area (Å²) >= 11 is 6.53. The molecule has 0 bridgehead atoms. The zero-order chi connectivity index (χ0) is 37.8. The molecule has 0 saturated carbocycles. The average molecular weight is 748 g/mol. The van der Waals surface area contributed by atoms with Crippen LogP contribution in [0.15, 0.2) is 54.1 Å². The maximum absolute atomic E-state index is 14.5. The molecule has 1 saturated heterocycles. The molecule has 4 nitrogen and oxygen atoms in total. The largest absolute Gasteiger partial charge is 0.496 e.